The van der Waals surface area contributed by atoms with Crippen LogP contribution in [0.25, 0.3) is 0 Å². The highest BCUT2D eigenvalue weighted by atomic mass is 32.1. The van der Waals surface area contributed by atoms with Crippen molar-refractivity contribution in [2.75, 3.05) is 6.54 Å². The summed E-state index contributed by atoms with van der Waals surface area (Å²) in [7, 11) is 0. The maximum atomic E-state index is 13.0. The molecule has 1 aromatic heterocycles. The molecule has 0 spiro atoms. The van der Waals surface area contributed by atoms with E-state index in [-0.39, 0.29) is 5.91 Å². The Morgan fingerprint density at radius 3 is 2.76 bits per heavy atom. The number of piperidine rings is 1. The number of carbonyl (C=O) groups excluding carboxylic acids is 1. The molecule has 0 unspecified atom stereocenters. The maximum absolute atomic E-state index is 13.0. The van der Waals surface area contributed by atoms with E-state index in [9.17, 15) is 4.79 Å². The van der Waals surface area contributed by atoms with Crippen LogP contribution in [-0.4, -0.2) is 28.4 Å². The van der Waals surface area contributed by atoms with Gasteiger partial charge in [-0.25, -0.2) is 4.98 Å². The summed E-state index contributed by atoms with van der Waals surface area (Å²) in [4.78, 5) is 19.3. The molecule has 0 radical (unpaired) electrons. The number of ether oxygens (including phenoxy) is 1. The van der Waals surface area contributed by atoms with Crippen LogP contribution in [0.1, 0.15) is 54.6 Å². The monoisotopic (exact) mass is 356 g/mol. The Morgan fingerprint density at radius 2 is 1.96 bits per heavy atom. The van der Waals surface area contributed by atoms with E-state index in [0.29, 0.717) is 18.6 Å². The first-order valence-corrected chi connectivity index (χ1v) is 10.2. The summed E-state index contributed by atoms with van der Waals surface area (Å²) in [5.41, 5.74) is 3.51. The number of carbonyl (C=O) groups is 1. The number of hydrogen-bond donors (Lipinski definition) is 0. The number of thiazole rings is 1. The molecule has 25 heavy (non-hydrogen) atoms. The first kappa shape index (κ1) is 16.6. The summed E-state index contributed by atoms with van der Waals surface area (Å²) < 4.78 is 5.74. The number of hydrogen-bond acceptors (Lipinski definition) is 4. The Morgan fingerprint density at radius 1 is 1.16 bits per heavy atom. The lowest BCUT2D eigenvalue weighted by Crippen LogP contribution is -2.49. The highest BCUT2D eigenvalue weighted by Crippen LogP contribution is 2.36. The number of rotatable bonds is 4. The molecule has 2 fully saturated rings. The first-order chi connectivity index (χ1) is 12.3. The molecule has 1 aromatic carbocycles. The van der Waals surface area contributed by atoms with Gasteiger partial charge in [0.05, 0.1) is 11.2 Å². The highest BCUT2D eigenvalue weighted by molar-refractivity contribution is 7.07. The fourth-order valence-electron chi connectivity index (χ4n) is 4.20. The van der Waals surface area contributed by atoms with E-state index in [1.165, 1.54) is 32.1 Å². The van der Waals surface area contributed by atoms with Gasteiger partial charge in [0.1, 0.15) is 12.4 Å². The molecule has 132 valence electrons. The molecule has 2 aliphatic rings. The number of likely N-dealkylation sites (tertiary alicyclic amines) is 1. The standard InChI is InChI=1S/C20H24N2O2S/c23-20(22-11-3-5-15-4-1-2-6-19(15)22)16-7-9-18(10-8-16)24-12-17-13-25-14-21-17/h7-10,13-15,19H,1-6,11-12H2/t15-,19+/m1/s1. The van der Waals surface area contributed by atoms with E-state index in [0.717, 1.165) is 30.0 Å². The van der Waals surface area contributed by atoms with E-state index in [4.69, 9.17) is 4.74 Å². The topological polar surface area (TPSA) is 42.4 Å². The molecular formula is C20H24N2O2S. The number of nitrogens with zero attached hydrogens (tertiary/aromatic N) is 2. The normalized spacial score (nSPS) is 23.1. The van der Waals surface area contributed by atoms with Crippen molar-refractivity contribution in [1.29, 1.82) is 0 Å². The van der Waals surface area contributed by atoms with Gasteiger partial charge in [0, 0.05) is 23.5 Å². The second kappa shape index (κ2) is 7.56. The quantitative estimate of drug-likeness (QED) is 0.809. The lowest BCUT2D eigenvalue weighted by atomic mass is 9.78. The maximum Gasteiger partial charge on any atom is 0.254 e. The van der Waals surface area contributed by atoms with Gasteiger partial charge in [-0.1, -0.05) is 12.8 Å². The molecule has 1 saturated heterocycles. The number of benzene rings is 1. The number of aromatic nitrogens is 1. The van der Waals surface area contributed by atoms with Crippen molar-refractivity contribution < 1.29 is 9.53 Å². The van der Waals surface area contributed by atoms with Gasteiger partial charge >= 0.3 is 0 Å². The van der Waals surface area contributed by atoms with Crippen molar-refractivity contribution in [3.63, 3.8) is 0 Å². The summed E-state index contributed by atoms with van der Waals surface area (Å²) in [6.07, 6.45) is 7.48. The number of amides is 1. The molecule has 0 N–H and O–H groups in total. The van der Waals surface area contributed by atoms with Crippen LogP contribution in [0.4, 0.5) is 0 Å². The molecule has 1 aliphatic carbocycles. The molecule has 2 atom stereocenters. The van der Waals surface area contributed by atoms with Crippen molar-refractivity contribution in [2.45, 2.75) is 51.2 Å². The van der Waals surface area contributed by atoms with Gasteiger partial charge in [-0.2, -0.15) is 0 Å². The SMILES string of the molecule is O=C(c1ccc(OCc2cscn2)cc1)N1CCC[C@H]2CCCC[C@@H]21. The lowest BCUT2D eigenvalue weighted by Gasteiger charge is -2.44. The van der Waals surface area contributed by atoms with E-state index in [2.05, 4.69) is 9.88 Å². The van der Waals surface area contributed by atoms with E-state index in [1.807, 2.05) is 29.6 Å². The molecule has 5 heteroatoms. The van der Waals surface area contributed by atoms with Crippen molar-refractivity contribution in [3.8, 4) is 5.75 Å². The van der Waals surface area contributed by atoms with Gasteiger partial charge in [-0.15, -0.1) is 11.3 Å². The molecule has 0 bridgehead atoms. The summed E-state index contributed by atoms with van der Waals surface area (Å²) in [6.45, 7) is 1.37. The van der Waals surface area contributed by atoms with Gasteiger partial charge in [0.15, 0.2) is 0 Å². The van der Waals surface area contributed by atoms with Crippen LogP contribution >= 0.6 is 11.3 Å². The minimum atomic E-state index is 0.183. The molecule has 1 aliphatic heterocycles. The van der Waals surface area contributed by atoms with Crippen molar-refractivity contribution >= 4 is 17.2 Å². The van der Waals surface area contributed by atoms with Crippen LogP contribution < -0.4 is 4.74 Å². The summed E-state index contributed by atoms with van der Waals surface area (Å²) >= 11 is 1.56. The summed E-state index contributed by atoms with van der Waals surface area (Å²) in [5.74, 6) is 1.67. The average Bonchev–Trinajstić information content (AvgIpc) is 3.19. The van der Waals surface area contributed by atoms with Gasteiger partial charge in [0.2, 0.25) is 0 Å². The van der Waals surface area contributed by atoms with Crippen LogP contribution in [0, 0.1) is 5.92 Å². The highest BCUT2D eigenvalue weighted by Gasteiger charge is 2.35. The van der Waals surface area contributed by atoms with Gasteiger partial charge < -0.3 is 9.64 Å². The van der Waals surface area contributed by atoms with Crippen molar-refractivity contribution in [2.24, 2.45) is 5.92 Å². The summed E-state index contributed by atoms with van der Waals surface area (Å²) in [6, 6.07) is 8.02. The number of fused-ring (bicyclic) bond motifs is 1. The first-order valence-electron chi connectivity index (χ1n) is 9.22. The molecule has 2 aromatic rings. The Bertz CT molecular complexity index is 697. The zero-order chi connectivity index (χ0) is 17.1. The minimum absolute atomic E-state index is 0.183. The van der Waals surface area contributed by atoms with Crippen LogP contribution in [0.3, 0.4) is 0 Å². The van der Waals surface area contributed by atoms with Crippen LogP contribution in [0.5, 0.6) is 5.75 Å². The predicted molar refractivity (Wildman–Crippen MR) is 98.9 cm³/mol. The zero-order valence-corrected chi connectivity index (χ0v) is 15.2. The third kappa shape index (κ3) is 3.71. The minimum Gasteiger partial charge on any atom is -0.487 e. The lowest BCUT2D eigenvalue weighted by molar-refractivity contribution is 0.0390. The second-order valence-electron chi connectivity index (χ2n) is 7.05. The predicted octanol–water partition coefficient (Wildman–Crippen LogP) is 4.52. The average molecular weight is 356 g/mol. The molecular weight excluding hydrogens is 332 g/mol. The largest absolute Gasteiger partial charge is 0.487 e. The molecule has 1 amide bonds. The van der Waals surface area contributed by atoms with E-state index >= 15 is 0 Å². The fraction of sp³-hybridized carbons (Fsp3) is 0.500. The second-order valence-corrected chi connectivity index (χ2v) is 7.76. The summed E-state index contributed by atoms with van der Waals surface area (Å²) in [5, 5.41) is 1.98. The fourth-order valence-corrected chi connectivity index (χ4v) is 4.75. The molecule has 2 heterocycles. The Labute approximate surface area is 152 Å². The zero-order valence-electron chi connectivity index (χ0n) is 14.4. The molecule has 1 saturated carbocycles. The molecule has 4 nitrogen and oxygen atoms in total. The van der Waals surface area contributed by atoms with Crippen LogP contribution in [0.15, 0.2) is 35.2 Å². The van der Waals surface area contributed by atoms with Crippen molar-refractivity contribution in [1.82, 2.24) is 9.88 Å². The Balaban J connectivity index is 1.41. The van der Waals surface area contributed by atoms with Crippen LogP contribution in [0.2, 0.25) is 0 Å². The molecule has 4 rings (SSSR count). The Kier molecular flexibility index (Phi) is 5.02. The van der Waals surface area contributed by atoms with E-state index < -0.39 is 0 Å². The van der Waals surface area contributed by atoms with E-state index in [1.54, 1.807) is 16.8 Å². The smallest absolute Gasteiger partial charge is 0.254 e. The van der Waals surface area contributed by atoms with Gasteiger partial charge in [-0.3, -0.25) is 4.79 Å². The van der Waals surface area contributed by atoms with Crippen LogP contribution in [-0.2, 0) is 6.61 Å². The van der Waals surface area contributed by atoms with Gasteiger partial charge in [-0.05, 0) is 55.9 Å². The van der Waals surface area contributed by atoms with Crippen molar-refractivity contribution in [3.05, 3.63) is 46.4 Å². The van der Waals surface area contributed by atoms with Gasteiger partial charge in [0.25, 0.3) is 5.91 Å². The third-order valence-electron chi connectivity index (χ3n) is 5.48. The Hall–Kier alpha value is -1.88. The third-order valence-corrected chi connectivity index (χ3v) is 6.11.